The summed E-state index contributed by atoms with van der Waals surface area (Å²) in [6, 6.07) is 0. The number of rotatable bonds is 13. The predicted octanol–water partition coefficient (Wildman–Crippen LogP) is 6.56. The molecule has 1 rings (SSSR count). The molecule has 0 saturated heterocycles. The van der Waals surface area contributed by atoms with Gasteiger partial charge in [0.1, 0.15) is 6.61 Å². The summed E-state index contributed by atoms with van der Waals surface area (Å²) in [6.07, 6.45) is 17.7. The third-order valence-corrected chi connectivity index (χ3v) is 4.54. The van der Waals surface area contributed by atoms with E-state index >= 15 is 0 Å². The van der Waals surface area contributed by atoms with E-state index in [0.29, 0.717) is 33.0 Å². The molecule has 0 aromatic rings. The molecule has 1 aliphatic carbocycles. The molecule has 0 spiro atoms. The Labute approximate surface area is 179 Å². The molecule has 4 nitrogen and oxygen atoms in total. The first-order valence-corrected chi connectivity index (χ1v) is 11.2. The molecule has 0 amide bonds. The summed E-state index contributed by atoms with van der Waals surface area (Å²) in [6.45, 7) is 12.5. The number of hydrogen-bond donors (Lipinski definition) is 0. The van der Waals surface area contributed by atoms with Crippen LogP contribution < -0.4 is 0 Å². The second-order valence-electron chi connectivity index (χ2n) is 7.67. The molecule has 0 aliphatic heterocycles. The standard InChI is InChI=1S/C17H28.C8H16O4/c1-15(2)9-7-10-16(3)11-8-14-17-12-5-4-6-13-17;1-3-10-4-5-11-6-7-12-8(2)9/h9,11-12H,4-8,10,13-14H2,1-3H3;3-7H2,1-2H3/b16-11+;. The van der Waals surface area contributed by atoms with Gasteiger partial charge in [0.15, 0.2) is 0 Å². The van der Waals surface area contributed by atoms with Gasteiger partial charge in [-0.1, -0.05) is 34.9 Å². The topological polar surface area (TPSA) is 44.8 Å². The lowest BCUT2D eigenvalue weighted by molar-refractivity contribution is -0.142. The second kappa shape index (κ2) is 19.9. The van der Waals surface area contributed by atoms with Crippen LogP contribution in [0.5, 0.6) is 0 Å². The van der Waals surface area contributed by atoms with Gasteiger partial charge in [0.25, 0.3) is 0 Å². The molecule has 0 aromatic heterocycles. The summed E-state index contributed by atoms with van der Waals surface area (Å²) in [5.74, 6) is -0.275. The number of carbonyl (C=O) groups is 1. The third kappa shape index (κ3) is 21.1. The lowest BCUT2D eigenvalue weighted by atomic mass is 9.95. The Balaban J connectivity index is 0.000000578. The van der Waals surface area contributed by atoms with Crippen LogP contribution in [0.25, 0.3) is 0 Å². The number of ether oxygens (including phenoxy) is 3. The molecule has 0 aromatic carbocycles. The highest BCUT2D eigenvalue weighted by Gasteiger charge is 2.02. The SMILES string of the molecule is CC(C)=CCC/C(C)=C/CCC1=CCCCC1.CCOCCOCCOC(C)=O. The fourth-order valence-corrected chi connectivity index (χ4v) is 2.93. The van der Waals surface area contributed by atoms with Gasteiger partial charge < -0.3 is 14.2 Å². The molecule has 4 heteroatoms. The maximum Gasteiger partial charge on any atom is 0.302 e. The van der Waals surface area contributed by atoms with Crippen molar-refractivity contribution in [2.75, 3.05) is 33.0 Å². The molecular weight excluding hydrogens is 364 g/mol. The van der Waals surface area contributed by atoms with Crippen molar-refractivity contribution in [1.29, 1.82) is 0 Å². The average molecular weight is 409 g/mol. The smallest absolute Gasteiger partial charge is 0.302 e. The van der Waals surface area contributed by atoms with Gasteiger partial charge in [0.2, 0.25) is 0 Å². The highest BCUT2D eigenvalue weighted by molar-refractivity contribution is 5.65. The van der Waals surface area contributed by atoms with Crippen LogP contribution in [0.3, 0.4) is 0 Å². The molecule has 0 saturated carbocycles. The minimum Gasteiger partial charge on any atom is -0.463 e. The van der Waals surface area contributed by atoms with Crippen LogP contribution in [0, 0.1) is 0 Å². The van der Waals surface area contributed by atoms with Crippen molar-refractivity contribution >= 4 is 5.97 Å². The Bertz CT molecular complexity index is 499. The van der Waals surface area contributed by atoms with Crippen molar-refractivity contribution in [3.63, 3.8) is 0 Å². The maximum atomic E-state index is 10.3. The number of hydrogen-bond acceptors (Lipinski definition) is 4. The van der Waals surface area contributed by atoms with E-state index in [-0.39, 0.29) is 5.97 Å². The first kappa shape index (κ1) is 27.6. The summed E-state index contributed by atoms with van der Waals surface area (Å²) >= 11 is 0. The lowest BCUT2D eigenvalue weighted by Crippen LogP contribution is -2.10. The fourth-order valence-electron chi connectivity index (χ4n) is 2.93. The minimum atomic E-state index is -0.275. The van der Waals surface area contributed by atoms with E-state index in [2.05, 4.69) is 43.7 Å². The molecule has 0 heterocycles. The summed E-state index contributed by atoms with van der Waals surface area (Å²) in [4.78, 5) is 10.3. The fraction of sp³-hybridized carbons (Fsp3) is 0.720. The van der Waals surface area contributed by atoms with Crippen LogP contribution >= 0.6 is 0 Å². The van der Waals surface area contributed by atoms with Crippen molar-refractivity contribution in [2.24, 2.45) is 0 Å². The summed E-state index contributed by atoms with van der Waals surface area (Å²) in [7, 11) is 0. The molecule has 29 heavy (non-hydrogen) atoms. The van der Waals surface area contributed by atoms with Crippen LogP contribution in [0.1, 0.15) is 86.0 Å². The van der Waals surface area contributed by atoms with Gasteiger partial charge in [-0.2, -0.15) is 0 Å². The average Bonchev–Trinajstić information content (AvgIpc) is 2.68. The van der Waals surface area contributed by atoms with Crippen LogP contribution in [0.15, 0.2) is 34.9 Å². The van der Waals surface area contributed by atoms with Gasteiger partial charge >= 0.3 is 5.97 Å². The van der Waals surface area contributed by atoms with Crippen LogP contribution in [0.4, 0.5) is 0 Å². The molecule has 0 atom stereocenters. The van der Waals surface area contributed by atoms with Crippen molar-refractivity contribution in [1.82, 2.24) is 0 Å². The number of allylic oxidation sites excluding steroid dienone is 6. The maximum absolute atomic E-state index is 10.3. The molecular formula is C25H44O4. The molecule has 0 radical (unpaired) electrons. The minimum absolute atomic E-state index is 0.275. The van der Waals surface area contributed by atoms with Gasteiger partial charge in [-0.3, -0.25) is 4.79 Å². The Morgan fingerprint density at radius 3 is 2.31 bits per heavy atom. The third-order valence-electron chi connectivity index (χ3n) is 4.54. The van der Waals surface area contributed by atoms with Gasteiger partial charge in [0, 0.05) is 13.5 Å². The predicted molar refractivity (Wildman–Crippen MR) is 122 cm³/mol. The van der Waals surface area contributed by atoms with Gasteiger partial charge in [0.05, 0.1) is 19.8 Å². The Kier molecular flexibility index (Phi) is 19.0. The van der Waals surface area contributed by atoms with E-state index in [4.69, 9.17) is 9.47 Å². The van der Waals surface area contributed by atoms with Crippen molar-refractivity contribution < 1.29 is 19.0 Å². The molecule has 0 unspecified atom stereocenters. The summed E-state index contributed by atoms with van der Waals surface area (Å²) in [5.41, 5.74) is 4.69. The van der Waals surface area contributed by atoms with Crippen molar-refractivity contribution in [2.45, 2.75) is 86.0 Å². The molecule has 168 valence electrons. The van der Waals surface area contributed by atoms with E-state index in [1.807, 2.05) is 6.92 Å². The van der Waals surface area contributed by atoms with Gasteiger partial charge in [-0.05, 0) is 79.1 Å². The zero-order chi connectivity index (χ0) is 21.7. The molecule has 1 aliphatic rings. The van der Waals surface area contributed by atoms with Gasteiger partial charge in [-0.25, -0.2) is 0 Å². The quantitative estimate of drug-likeness (QED) is 0.197. The van der Waals surface area contributed by atoms with E-state index in [0.717, 1.165) is 0 Å². The van der Waals surface area contributed by atoms with E-state index in [1.54, 1.807) is 11.1 Å². The van der Waals surface area contributed by atoms with Crippen LogP contribution in [0.2, 0.25) is 0 Å². The highest BCUT2D eigenvalue weighted by Crippen LogP contribution is 2.22. The first-order valence-electron chi connectivity index (χ1n) is 11.2. The van der Waals surface area contributed by atoms with Crippen LogP contribution in [-0.4, -0.2) is 39.0 Å². The lowest BCUT2D eigenvalue weighted by Gasteiger charge is -2.11. The largest absolute Gasteiger partial charge is 0.463 e. The van der Waals surface area contributed by atoms with Crippen molar-refractivity contribution in [3.8, 4) is 0 Å². The van der Waals surface area contributed by atoms with Crippen LogP contribution in [-0.2, 0) is 19.0 Å². The van der Waals surface area contributed by atoms with Crippen molar-refractivity contribution in [3.05, 3.63) is 34.9 Å². The normalized spacial score (nSPS) is 13.8. The number of esters is 1. The first-order chi connectivity index (χ1) is 14.0. The zero-order valence-electron chi connectivity index (χ0n) is 19.6. The van der Waals surface area contributed by atoms with Gasteiger partial charge in [-0.15, -0.1) is 0 Å². The zero-order valence-corrected chi connectivity index (χ0v) is 19.6. The Hall–Kier alpha value is -1.39. The molecule has 0 N–H and O–H groups in total. The second-order valence-corrected chi connectivity index (χ2v) is 7.67. The monoisotopic (exact) mass is 408 g/mol. The molecule has 0 bridgehead atoms. The van der Waals surface area contributed by atoms with E-state index < -0.39 is 0 Å². The number of carbonyl (C=O) groups excluding carboxylic acids is 1. The van der Waals surface area contributed by atoms with E-state index in [1.165, 1.54) is 63.9 Å². The van der Waals surface area contributed by atoms with E-state index in [9.17, 15) is 4.79 Å². The summed E-state index contributed by atoms with van der Waals surface area (Å²) < 4.78 is 14.8. The molecule has 0 fully saturated rings. The summed E-state index contributed by atoms with van der Waals surface area (Å²) in [5, 5.41) is 0. The Morgan fingerprint density at radius 1 is 0.966 bits per heavy atom. The highest BCUT2D eigenvalue weighted by atomic mass is 16.6. The Morgan fingerprint density at radius 2 is 1.69 bits per heavy atom.